The van der Waals surface area contributed by atoms with Crippen LogP contribution in [0.15, 0.2) is 164 Å². The normalized spacial score (nSPS) is 13.3. The Hall–Kier alpha value is -7.34. The summed E-state index contributed by atoms with van der Waals surface area (Å²) in [6.07, 6.45) is 0.270. The van der Waals surface area contributed by atoms with E-state index >= 15 is 4.39 Å². The SMILES string of the molecule is COCCNc1cc(N2CCN(C)CC2)ccc1C(=O)Nc1nn(C(c2ccccc2)(c2ccccc2)c2ccccc2)c2cc(-c3ccc(O)c(F)c3)c(Cc3cccc(F)c3)cc12. The molecule has 11 heteroatoms. The Morgan fingerprint density at radius 1 is 0.754 bits per heavy atom. The van der Waals surface area contributed by atoms with Crippen LogP contribution in [-0.4, -0.2) is 79.2 Å². The summed E-state index contributed by atoms with van der Waals surface area (Å²) in [5, 5.41) is 23.0. The maximum absolute atomic E-state index is 15.3. The second kappa shape index (κ2) is 18.8. The van der Waals surface area contributed by atoms with Gasteiger partial charge in [0.25, 0.3) is 5.91 Å². The number of methoxy groups -OCH3 is 1. The number of aromatic hydroxyl groups is 1. The predicted octanol–water partition coefficient (Wildman–Crippen LogP) is 10.2. The van der Waals surface area contributed by atoms with Crippen molar-refractivity contribution in [3.63, 3.8) is 0 Å². The summed E-state index contributed by atoms with van der Waals surface area (Å²) >= 11 is 0. The number of benzene rings is 7. The molecule has 65 heavy (non-hydrogen) atoms. The lowest BCUT2D eigenvalue weighted by molar-refractivity contribution is 0.102. The standard InChI is InChI=1S/C54H50F2N6O3/c1-60-26-28-61(29-27-60)44-22-23-45(49(35-44)57-25-30-65-2)53(64)58-52-47-33-39(31-37-13-12-20-43(55)32-37)46(38-21-24-51(63)48(56)34-38)36-50(47)62(59-52)54(40-14-6-3-7-15-40,41-16-8-4-9-17-41)42-18-10-5-11-19-42/h3-24,32-36,57,63H,25-31H2,1-2H3,(H,58,59,64). The lowest BCUT2D eigenvalue weighted by Crippen LogP contribution is -2.44. The van der Waals surface area contributed by atoms with Crippen molar-refractivity contribution in [3.05, 3.63) is 209 Å². The highest BCUT2D eigenvalue weighted by molar-refractivity contribution is 6.11. The molecule has 1 aliphatic rings. The molecule has 0 bridgehead atoms. The molecule has 1 aromatic heterocycles. The van der Waals surface area contributed by atoms with Crippen LogP contribution >= 0.6 is 0 Å². The number of phenolic OH excluding ortho intramolecular Hbond substituents is 1. The van der Waals surface area contributed by atoms with Gasteiger partial charge in [-0.25, -0.2) is 13.5 Å². The quantitative estimate of drug-likeness (QED) is 0.0740. The van der Waals surface area contributed by atoms with E-state index in [-0.39, 0.29) is 18.1 Å². The molecule has 3 N–H and O–H groups in total. The Labute approximate surface area is 377 Å². The van der Waals surface area contributed by atoms with Gasteiger partial charge in [-0.3, -0.25) is 4.79 Å². The van der Waals surface area contributed by atoms with E-state index in [1.165, 1.54) is 24.3 Å². The van der Waals surface area contributed by atoms with E-state index < -0.39 is 17.1 Å². The summed E-state index contributed by atoms with van der Waals surface area (Å²) in [6, 6.07) is 50.8. The van der Waals surface area contributed by atoms with Crippen LogP contribution in [0.25, 0.3) is 22.0 Å². The van der Waals surface area contributed by atoms with Crippen LogP contribution in [0.3, 0.4) is 0 Å². The summed E-state index contributed by atoms with van der Waals surface area (Å²) in [4.78, 5) is 19.6. The maximum Gasteiger partial charge on any atom is 0.258 e. The number of rotatable bonds is 14. The molecule has 0 saturated carbocycles. The highest BCUT2D eigenvalue weighted by Gasteiger charge is 2.41. The van der Waals surface area contributed by atoms with Gasteiger partial charge < -0.3 is 30.3 Å². The molecule has 9 nitrogen and oxygen atoms in total. The number of halogens is 2. The van der Waals surface area contributed by atoms with E-state index in [1.807, 2.05) is 95.7 Å². The zero-order valence-corrected chi connectivity index (χ0v) is 36.3. The highest BCUT2D eigenvalue weighted by Crippen LogP contribution is 2.45. The monoisotopic (exact) mass is 868 g/mol. The number of likely N-dealkylation sites (N-methyl/N-ethyl adjacent to an activating group) is 1. The minimum absolute atomic E-state index is 0.270. The number of anilines is 3. The fourth-order valence-electron chi connectivity index (χ4n) is 9.02. The van der Waals surface area contributed by atoms with Crippen LogP contribution in [0.5, 0.6) is 5.75 Å². The first kappa shape index (κ1) is 42.9. The van der Waals surface area contributed by atoms with E-state index in [2.05, 4.69) is 63.9 Å². The number of nitrogens with zero attached hydrogens (tertiary/aromatic N) is 4. The third-order valence-electron chi connectivity index (χ3n) is 12.3. The van der Waals surface area contributed by atoms with Gasteiger partial charge in [-0.05, 0) is 107 Å². The second-order valence-electron chi connectivity index (χ2n) is 16.5. The number of fused-ring (bicyclic) bond motifs is 1. The van der Waals surface area contributed by atoms with Crippen LogP contribution < -0.4 is 15.5 Å². The fraction of sp³-hybridized carbons (Fsp3) is 0.185. The molecule has 2 heterocycles. The van der Waals surface area contributed by atoms with Gasteiger partial charge >= 0.3 is 0 Å². The molecule has 7 aromatic carbocycles. The Kier molecular flexibility index (Phi) is 12.4. The number of hydrogen-bond donors (Lipinski definition) is 3. The summed E-state index contributed by atoms with van der Waals surface area (Å²) < 4.78 is 37.4. The van der Waals surface area contributed by atoms with Crippen molar-refractivity contribution < 1.29 is 23.4 Å². The molecule has 0 atom stereocenters. The van der Waals surface area contributed by atoms with Crippen molar-refractivity contribution in [1.29, 1.82) is 0 Å². The fourth-order valence-corrected chi connectivity index (χ4v) is 9.02. The van der Waals surface area contributed by atoms with Crippen molar-refractivity contribution in [2.75, 3.05) is 69.0 Å². The molecule has 1 fully saturated rings. The Bertz CT molecular complexity index is 2840. The number of carbonyl (C=O) groups excluding carboxylic acids is 1. The topological polar surface area (TPSA) is 94.9 Å². The van der Waals surface area contributed by atoms with Crippen LogP contribution in [0.2, 0.25) is 0 Å². The van der Waals surface area contributed by atoms with E-state index in [1.54, 1.807) is 19.2 Å². The largest absolute Gasteiger partial charge is 0.505 e. The lowest BCUT2D eigenvalue weighted by atomic mass is 9.77. The minimum atomic E-state index is -1.11. The Morgan fingerprint density at radius 3 is 2.03 bits per heavy atom. The smallest absolute Gasteiger partial charge is 0.258 e. The van der Waals surface area contributed by atoms with Gasteiger partial charge in [0.05, 0.1) is 17.7 Å². The number of phenols is 1. The van der Waals surface area contributed by atoms with Crippen LogP contribution in [0.4, 0.5) is 26.0 Å². The number of hydrogen-bond acceptors (Lipinski definition) is 7. The maximum atomic E-state index is 15.3. The molecule has 9 rings (SSSR count). The average Bonchev–Trinajstić information content (AvgIpc) is 3.67. The Morgan fingerprint density at radius 2 is 1.42 bits per heavy atom. The zero-order chi connectivity index (χ0) is 44.9. The average molecular weight is 869 g/mol. The molecule has 0 spiro atoms. The molecule has 0 radical (unpaired) electrons. The lowest BCUT2D eigenvalue weighted by Gasteiger charge is -2.37. The van der Waals surface area contributed by atoms with Crippen molar-refractivity contribution in [1.82, 2.24) is 14.7 Å². The molecule has 1 aliphatic heterocycles. The third-order valence-corrected chi connectivity index (χ3v) is 12.3. The first-order valence-electron chi connectivity index (χ1n) is 21.8. The minimum Gasteiger partial charge on any atom is -0.505 e. The van der Waals surface area contributed by atoms with Gasteiger partial charge in [0.15, 0.2) is 17.4 Å². The molecule has 8 aromatic rings. The van der Waals surface area contributed by atoms with E-state index in [4.69, 9.17) is 9.84 Å². The van der Waals surface area contributed by atoms with E-state index in [0.717, 1.165) is 54.1 Å². The van der Waals surface area contributed by atoms with Crippen LogP contribution in [-0.2, 0) is 16.7 Å². The number of piperazine rings is 1. The molecular weight excluding hydrogens is 819 g/mol. The molecule has 1 amide bonds. The van der Waals surface area contributed by atoms with Gasteiger partial charge in [-0.15, -0.1) is 0 Å². The Balaban J connectivity index is 1.30. The van der Waals surface area contributed by atoms with Gasteiger partial charge in [-0.1, -0.05) is 109 Å². The number of nitrogens with one attached hydrogen (secondary N) is 2. The van der Waals surface area contributed by atoms with Gasteiger partial charge in [0, 0.05) is 56.6 Å². The number of carbonyl (C=O) groups is 1. The van der Waals surface area contributed by atoms with Crippen LogP contribution in [0, 0.1) is 11.6 Å². The summed E-state index contributed by atoms with van der Waals surface area (Å²) in [5.41, 5.74) is 6.93. The summed E-state index contributed by atoms with van der Waals surface area (Å²) in [7, 11) is 3.76. The van der Waals surface area contributed by atoms with Gasteiger partial charge in [-0.2, -0.15) is 5.10 Å². The zero-order valence-electron chi connectivity index (χ0n) is 36.3. The van der Waals surface area contributed by atoms with Crippen LogP contribution in [0.1, 0.15) is 38.2 Å². The molecule has 1 saturated heterocycles. The molecule has 0 unspecified atom stereocenters. The third kappa shape index (κ3) is 8.68. The van der Waals surface area contributed by atoms with Crippen molar-refractivity contribution in [3.8, 4) is 16.9 Å². The summed E-state index contributed by atoms with van der Waals surface area (Å²) in [5.74, 6) is -1.70. The van der Waals surface area contributed by atoms with E-state index in [0.29, 0.717) is 57.8 Å². The number of ether oxygens (including phenoxy) is 1. The second-order valence-corrected chi connectivity index (χ2v) is 16.5. The van der Waals surface area contributed by atoms with Crippen molar-refractivity contribution >= 4 is 34.0 Å². The van der Waals surface area contributed by atoms with Crippen molar-refractivity contribution in [2.24, 2.45) is 0 Å². The molecule has 0 aliphatic carbocycles. The molecular formula is C54H50F2N6O3. The first-order chi connectivity index (χ1) is 31.7. The van der Waals surface area contributed by atoms with Gasteiger partial charge in [0.1, 0.15) is 11.4 Å². The van der Waals surface area contributed by atoms with Crippen molar-refractivity contribution in [2.45, 2.75) is 12.0 Å². The number of amides is 1. The number of aromatic nitrogens is 2. The molecule has 328 valence electrons. The predicted molar refractivity (Wildman–Crippen MR) is 255 cm³/mol. The van der Waals surface area contributed by atoms with E-state index in [9.17, 15) is 14.3 Å². The summed E-state index contributed by atoms with van der Waals surface area (Å²) in [6.45, 7) is 4.53. The highest BCUT2D eigenvalue weighted by atomic mass is 19.1. The first-order valence-corrected chi connectivity index (χ1v) is 21.8. The van der Waals surface area contributed by atoms with Gasteiger partial charge in [0.2, 0.25) is 0 Å².